The van der Waals surface area contributed by atoms with Crippen molar-refractivity contribution in [1.29, 1.82) is 0 Å². The summed E-state index contributed by atoms with van der Waals surface area (Å²) >= 11 is 0. The number of amides is 2. The van der Waals surface area contributed by atoms with E-state index in [0.717, 1.165) is 11.3 Å². The highest BCUT2D eigenvalue weighted by Crippen LogP contribution is 2.12. The molecule has 110 valence electrons. The fraction of sp³-hybridized carbons (Fsp3) is 0.214. The first-order valence-electron chi connectivity index (χ1n) is 6.27. The molecule has 21 heavy (non-hydrogen) atoms. The Morgan fingerprint density at radius 2 is 2.10 bits per heavy atom. The molecule has 0 unspecified atom stereocenters. The third-order valence-corrected chi connectivity index (χ3v) is 2.97. The van der Waals surface area contributed by atoms with E-state index in [2.05, 4.69) is 15.8 Å². The van der Waals surface area contributed by atoms with Crippen LogP contribution in [0.4, 0.5) is 10.5 Å². The summed E-state index contributed by atoms with van der Waals surface area (Å²) in [5, 5.41) is 17.9. The van der Waals surface area contributed by atoms with E-state index in [1.165, 1.54) is 12.1 Å². The molecule has 1 aromatic heterocycles. The SMILES string of the molecule is Cc1noc(C)c1CNC(=O)Nc1cccc(C(=O)O)c1. The quantitative estimate of drug-likeness (QED) is 0.801. The van der Waals surface area contributed by atoms with Gasteiger partial charge in [-0.3, -0.25) is 0 Å². The highest BCUT2D eigenvalue weighted by Gasteiger charge is 2.11. The number of benzene rings is 1. The van der Waals surface area contributed by atoms with Gasteiger partial charge in [0.15, 0.2) is 0 Å². The average molecular weight is 289 g/mol. The molecule has 0 radical (unpaired) electrons. The van der Waals surface area contributed by atoms with Gasteiger partial charge >= 0.3 is 12.0 Å². The molecule has 0 aliphatic heterocycles. The number of carboxylic acid groups (broad SMARTS) is 1. The number of aromatic nitrogens is 1. The van der Waals surface area contributed by atoms with E-state index >= 15 is 0 Å². The maximum Gasteiger partial charge on any atom is 0.335 e. The van der Waals surface area contributed by atoms with Gasteiger partial charge in [0, 0.05) is 17.8 Å². The number of aromatic carboxylic acids is 1. The number of rotatable bonds is 4. The van der Waals surface area contributed by atoms with Crippen molar-refractivity contribution >= 4 is 17.7 Å². The number of carbonyl (C=O) groups excluding carboxylic acids is 1. The summed E-state index contributed by atoms with van der Waals surface area (Å²) in [5.74, 6) is -0.393. The molecule has 2 amide bonds. The summed E-state index contributed by atoms with van der Waals surface area (Å²) in [4.78, 5) is 22.6. The number of carbonyl (C=O) groups is 2. The van der Waals surface area contributed by atoms with Crippen LogP contribution >= 0.6 is 0 Å². The number of nitrogens with zero attached hydrogens (tertiary/aromatic N) is 1. The van der Waals surface area contributed by atoms with Gasteiger partial charge in [-0.05, 0) is 32.0 Å². The maximum atomic E-state index is 11.8. The van der Waals surface area contributed by atoms with E-state index in [1.54, 1.807) is 26.0 Å². The Hall–Kier alpha value is -2.83. The van der Waals surface area contributed by atoms with Crippen molar-refractivity contribution in [3.05, 3.63) is 46.8 Å². The first-order valence-corrected chi connectivity index (χ1v) is 6.27. The number of hydrogen-bond acceptors (Lipinski definition) is 4. The standard InChI is InChI=1S/C14H15N3O4/c1-8-12(9(2)21-17-8)7-15-14(20)16-11-5-3-4-10(6-11)13(18)19/h3-6H,7H2,1-2H3,(H,18,19)(H2,15,16,20). The molecule has 0 spiro atoms. The lowest BCUT2D eigenvalue weighted by atomic mass is 10.2. The maximum absolute atomic E-state index is 11.8. The van der Waals surface area contributed by atoms with E-state index < -0.39 is 12.0 Å². The molecule has 0 aliphatic rings. The van der Waals surface area contributed by atoms with Crippen molar-refractivity contribution in [1.82, 2.24) is 10.5 Å². The summed E-state index contributed by atoms with van der Waals surface area (Å²) in [6, 6.07) is 5.58. The lowest BCUT2D eigenvalue weighted by Gasteiger charge is -2.08. The Balaban J connectivity index is 1.96. The Labute approximate surface area is 120 Å². The fourth-order valence-electron chi connectivity index (χ4n) is 1.83. The van der Waals surface area contributed by atoms with Crippen LogP contribution in [0, 0.1) is 13.8 Å². The molecule has 0 aliphatic carbocycles. The predicted molar refractivity (Wildman–Crippen MR) is 75.2 cm³/mol. The van der Waals surface area contributed by atoms with Crippen LogP contribution in [0.5, 0.6) is 0 Å². The molecule has 1 aromatic carbocycles. The van der Waals surface area contributed by atoms with Gasteiger partial charge in [-0.15, -0.1) is 0 Å². The summed E-state index contributed by atoms with van der Waals surface area (Å²) in [7, 11) is 0. The Morgan fingerprint density at radius 1 is 1.33 bits per heavy atom. The van der Waals surface area contributed by atoms with Crippen LogP contribution in [0.2, 0.25) is 0 Å². The number of nitrogens with one attached hydrogen (secondary N) is 2. The average Bonchev–Trinajstić information content (AvgIpc) is 2.76. The smallest absolute Gasteiger partial charge is 0.335 e. The van der Waals surface area contributed by atoms with E-state index in [4.69, 9.17) is 9.63 Å². The van der Waals surface area contributed by atoms with E-state index in [9.17, 15) is 9.59 Å². The van der Waals surface area contributed by atoms with Gasteiger partial charge in [0.25, 0.3) is 0 Å². The van der Waals surface area contributed by atoms with E-state index in [-0.39, 0.29) is 12.1 Å². The molecule has 0 saturated carbocycles. The Kier molecular flexibility index (Phi) is 4.22. The summed E-state index contributed by atoms with van der Waals surface area (Å²) < 4.78 is 5.00. The van der Waals surface area contributed by atoms with E-state index in [1.807, 2.05) is 0 Å². The summed E-state index contributed by atoms with van der Waals surface area (Å²) in [5.41, 5.74) is 2.06. The molecule has 2 rings (SSSR count). The summed E-state index contributed by atoms with van der Waals surface area (Å²) in [6.45, 7) is 3.85. The van der Waals surface area contributed by atoms with Gasteiger partial charge in [0.1, 0.15) is 5.76 Å². The van der Waals surface area contributed by atoms with Crippen molar-refractivity contribution in [3.63, 3.8) is 0 Å². The van der Waals surface area contributed by atoms with Crippen LogP contribution in [0.1, 0.15) is 27.4 Å². The van der Waals surface area contributed by atoms with Crippen molar-refractivity contribution in [3.8, 4) is 0 Å². The minimum absolute atomic E-state index is 0.110. The minimum Gasteiger partial charge on any atom is -0.478 e. The van der Waals surface area contributed by atoms with Crippen LogP contribution in [-0.4, -0.2) is 22.3 Å². The summed E-state index contributed by atoms with van der Waals surface area (Å²) in [6.07, 6.45) is 0. The monoisotopic (exact) mass is 289 g/mol. The van der Waals surface area contributed by atoms with Crippen LogP contribution in [0.15, 0.2) is 28.8 Å². The normalized spacial score (nSPS) is 10.2. The van der Waals surface area contributed by atoms with Crippen LogP contribution in [0.3, 0.4) is 0 Å². The zero-order valence-corrected chi connectivity index (χ0v) is 11.6. The van der Waals surface area contributed by atoms with Crippen LogP contribution in [-0.2, 0) is 6.54 Å². The molecule has 1 heterocycles. The third kappa shape index (κ3) is 3.59. The second-order valence-corrected chi connectivity index (χ2v) is 4.50. The Bertz CT molecular complexity index is 659. The molecule has 7 nitrogen and oxygen atoms in total. The second-order valence-electron chi connectivity index (χ2n) is 4.50. The van der Waals surface area contributed by atoms with Crippen LogP contribution in [0.25, 0.3) is 0 Å². The lowest BCUT2D eigenvalue weighted by molar-refractivity contribution is 0.0697. The van der Waals surface area contributed by atoms with Crippen molar-refractivity contribution in [2.24, 2.45) is 0 Å². The zero-order chi connectivity index (χ0) is 15.4. The number of urea groups is 1. The molecular weight excluding hydrogens is 274 g/mol. The molecule has 0 fully saturated rings. The molecule has 0 saturated heterocycles. The first kappa shape index (κ1) is 14.6. The fourth-order valence-corrected chi connectivity index (χ4v) is 1.83. The van der Waals surface area contributed by atoms with Gasteiger partial charge in [0.05, 0.1) is 11.3 Å². The number of anilines is 1. The van der Waals surface area contributed by atoms with Crippen molar-refractivity contribution in [2.45, 2.75) is 20.4 Å². The highest BCUT2D eigenvalue weighted by atomic mass is 16.5. The van der Waals surface area contributed by atoms with Gasteiger partial charge < -0.3 is 20.3 Å². The van der Waals surface area contributed by atoms with Gasteiger partial charge in [0.2, 0.25) is 0 Å². The molecule has 0 atom stereocenters. The zero-order valence-electron chi connectivity index (χ0n) is 11.6. The van der Waals surface area contributed by atoms with Gasteiger partial charge in [-0.2, -0.15) is 0 Å². The molecular formula is C14H15N3O4. The molecule has 7 heteroatoms. The predicted octanol–water partition coefficient (Wildman–Crippen LogP) is 2.31. The molecule has 2 aromatic rings. The third-order valence-electron chi connectivity index (χ3n) is 2.97. The molecule has 0 bridgehead atoms. The Morgan fingerprint density at radius 3 is 2.71 bits per heavy atom. The number of carboxylic acids is 1. The van der Waals surface area contributed by atoms with Gasteiger partial charge in [-0.1, -0.05) is 11.2 Å². The van der Waals surface area contributed by atoms with E-state index in [0.29, 0.717) is 11.4 Å². The minimum atomic E-state index is -1.05. The number of aryl methyl sites for hydroxylation is 2. The highest BCUT2D eigenvalue weighted by molar-refractivity contribution is 5.93. The second kappa shape index (κ2) is 6.08. The topological polar surface area (TPSA) is 104 Å². The number of hydrogen-bond donors (Lipinski definition) is 3. The largest absolute Gasteiger partial charge is 0.478 e. The van der Waals surface area contributed by atoms with Crippen LogP contribution < -0.4 is 10.6 Å². The first-order chi connectivity index (χ1) is 9.97. The van der Waals surface area contributed by atoms with Crippen molar-refractivity contribution < 1.29 is 19.2 Å². The van der Waals surface area contributed by atoms with Crippen molar-refractivity contribution in [2.75, 3.05) is 5.32 Å². The lowest BCUT2D eigenvalue weighted by Crippen LogP contribution is -2.28. The van der Waals surface area contributed by atoms with Gasteiger partial charge in [-0.25, -0.2) is 9.59 Å². The molecule has 3 N–H and O–H groups in total.